The Morgan fingerprint density at radius 3 is 2.26 bits per heavy atom. The normalized spacial score (nSPS) is 12.4. The number of carboxylic acid groups (broad SMARTS) is 1. The van der Waals surface area contributed by atoms with Crippen LogP contribution < -0.4 is 4.72 Å². The summed E-state index contributed by atoms with van der Waals surface area (Å²) < 4.78 is 28.9. The molecule has 0 spiro atoms. The molecular weight excluding hydrogens is 434 g/mol. The van der Waals surface area contributed by atoms with Gasteiger partial charge in [-0.3, -0.25) is 4.79 Å². The van der Waals surface area contributed by atoms with Crippen LogP contribution in [-0.2, 0) is 21.2 Å². The zero-order valence-electron chi connectivity index (χ0n) is 16.9. The minimum atomic E-state index is -3.79. The predicted octanol–water partition coefficient (Wildman–Crippen LogP) is 5.21. The van der Waals surface area contributed by atoms with Crippen molar-refractivity contribution >= 4 is 27.6 Å². The Balaban J connectivity index is 1.87. The van der Waals surface area contributed by atoms with Crippen molar-refractivity contribution in [2.45, 2.75) is 36.6 Å². The number of sulfonamides is 1. The average molecular weight is 458 g/mol. The van der Waals surface area contributed by atoms with Crippen LogP contribution in [0.1, 0.15) is 42.0 Å². The number of benzene rings is 3. The van der Waals surface area contributed by atoms with Crippen LogP contribution in [0.3, 0.4) is 0 Å². The van der Waals surface area contributed by atoms with Gasteiger partial charge in [-0.2, -0.15) is 4.72 Å². The second-order valence-electron chi connectivity index (χ2n) is 7.26. The third-order valence-corrected chi connectivity index (χ3v) is 6.61. The van der Waals surface area contributed by atoms with Crippen LogP contribution in [0.25, 0.3) is 0 Å². The SMILES string of the molecule is O=C(O)CCCCc1cccc(C(NS(=O)(=O)c2ccc(Cl)cc2)c2ccccc2)c1. The van der Waals surface area contributed by atoms with E-state index in [9.17, 15) is 13.2 Å². The number of halogens is 1. The Hall–Kier alpha value is -2.67. The van der Waals surface area contributed by atoms with E-state index >= 15 is 0 Å². The van der Waals surface area contributed by atoms with Crippen molar-refractivity contribution in [1.82, 2.24) is 4.72 Å². The maximum absolute atomic E-state index is 13.1. The standard InChI is InChI=1S/C24H24ClNO4S/c25-21-13-15-22(16-14-21)31(29,30)26-24(19-9-2-1-3-10-19)20-11-6-8-18(17-20)7-4-5-12-23(27)28/h1-3,6,8-11,13-17,24,26H,4-5,7,12H2,(H,27,28). The highest BCUT2D eigenvalue weighted by Crippen LogP contribution is 2.26. The van der Waals surface area contributed by atoms with Crippen LogP contribution in [0.4, 0.5) is 0 Å². The highest BCUT2D eigenvalue weighted by atomic mass is 35.5. The molecule has 1 atom stereocenters. The van der Waals surface area contributed by atoms with Crippen molar-refractivity contribution in [2.75, 3.05) is 0 Å². The highest BCUT2D eigenvalue weighted by Gasteiger charge is 2.23. The summed E-state index contributed by atoms with van der Waals surface area (Å²) in [6, 6.07) is 22.6. The minimum absolute atomic E-state index is 0.141. The summed E-state index contributed by atoms with van der Waals surface area (Å²) in [4.78, 5) is 10.8. The third-order valence-electron chi connectivity index (χ3n) is 4.92. The maximum atomic E-state index is 13.1. The van der Waals surface area contributed by atoms with Crippen LogP contribution in [0, 0.1) is 0 Å². The van der Waals surface area contributed by atoms with E-state index in [4.69, 9.17) is 16.7 Å². The number of carboxylic acids is 1. The van der Waals surface area contributed by atoms with Crippen molar-refractivity contribution in [2.24, 2.45) is 0 Å². The van der Waals surface area contributed by atoms with E-state index in [2.05, 4.69) is 4.72 Å². The number of carbonyl (C=O) groups is 1. The summed E-state index contributed by atoms with van der Waals surface area (Å²) >= 11 is 5.90. The van der Waals surface area contributed by atoms with E-state index in [1.54, 1.807) is 12.1 Å². The zero-order valence-corrected chi connectivity index (χ0v) is 18.4. The van der Waals surface area contributed by atoms with Crippen LogP contribution >= 0.6 is 11.6 Å². The first-order valence-electron chi connectivity index (χ1n) is 9.98. The van der Waals surface area contributed by atoms with Crippen molar-refractivity contribution in [3.63, 3.8) is 0 Å². The van der Waals surface area contributed by atoms with Gasteiger partial charge in [-0.1, -0.05) is 66.2 Å². The van der Waals surface area contributed by atoms with Crippen molar-refractivity contribution in [3.05, 3.63) is 101 Å². The van der Waals surface area contributed by atoms with Gasteiger partial charge < -0.3 is 5.11 Å². The number of aryl methyl sites for hydroxylation is 1. The molecule has 7 heteroatoms. The van der Waals surface area contributed by atoms with Crippen LogP contribution in [0.5, 0.6) is 0 Å². The molecule has 0 aromatic heterocycles. The van der Waals surface area contributed by atoms with Gasteiger partial charge in [0.05, 0.1) is 10.9 Å². The molecule has 0 amide bonds. The smallest absolute Gasteiger partial charge is 0.303 e. The fourth-order valence-corrected chi connectivity index (χ4v) is 4.68. The van der Waals surface area contributed by atoms with Crippen molar-refractivity contribution < 1.29 is 18.3 Å². The lowest BCUT2D eigenvalue weighted by atomic mass is 9.96. The minimum Gasteiger partial charge on any atom is -0.481 e. The van der Waals surface area contributed by atoms with Gasteiger partial charge in [0.25, 0.3) is 0 Å². The molecule has 0 heterocycles. The van der Waals surface area contributed by atoms with Gasteiger partial charge in [-0.15, -0.1) is 0 Å². The van der Waals surface area contributed by atoms with Gasteiger partial charge in [-0.25, -0.2) is 8.42 Å². The highest BCUT2D eigenvalue weighted by molar-refractivity contribution is 7.89. The molecule has 3 rings (SSSR count). The van der Waals surface area contributed by atoms with Gasteiger partial charge in [0.15, 0.2) is 0 Å². The van der Waals surface area contributed by atoms with E-state index in [0.29, 0.717) is 11.4 Å². The number of hydrogen-bond donors (Lipinski definition) is 2. The molecule has 0 bridgehead atoms. The summed E-state index contributed by atoms with van der Waals surface area (Å²) in [6.07, 6.45) is 2.23. The van der Waals surface area contributed by atoms with Crippen LogP contribution in [0.15, 0.2) is 83.8 Å². The molecule has 0 aliphatic carbocycles. The van der Waals surface area contributed by atoms with E-state index in [0.717, 1.165) is 29.5 Å². The molecule has 2 N–H and O–H groups in total. The van der Waals surface area contributed by atoms with Crippen LogP contribution in [-0.4, -0.2) is 19.5 Å². The summed E-state index contributed by atoms with van der Waals surface area (Å²) in [5.41, 5.74) is 2.68. The van der Waals surface area contributed by atoms with E-state index in [-0.39, 0.29) is 11.3 Å². The summed E-state index contributed by atoms with van der Waals surface area (Å²) in [5, 5.41) is 9.27. The Kier molecular flexibility index (Phi) is 7.85. The van der Waals surface area contributed by atoms with Gasteiger partial charge in [0.2, 0.25) is 10.0 Å². The fraction of sp³-hybridized carbons (Fsp3) is 0.208. The quantitative estimate of drug-likeness (QED) is 0.409. The Bertz CT molecular complexity index is 1120. The number of hydrogen-bond acceptors (Lipinski definition) is 3. The summed E-state index contributed by atoms with van der Waals surface area (Å²) in [7, 11) is -3.79. The molecular formula is C24H24ClNO4S. The van der Waals surface area contributed by atoms with E-state index in [1.165, 1.54) is 12.1 Å². The lowest BCUT2D eigenvalue weighted by molar-refractivity contribution is -0.137. The zero-order chi connectivity index (χ0) is 22.3. The number of nitrogens with one attached hydrogen (secondary N) is 1. The first kappa shape index (κ1) is 23.0. The third kappa shape index (κ3) is 6.66. The molecule has 5 nitrogen and oxygen atoms in total. The van der Waals surface area contributed by atoms with Gasteiger partial charge in [0, 0.05) is 11.4 Å². The van der Waals surface area contributed by atoms with Crippen molar-refractivity contribution in [3.8, 4) is 0 Å². The monoisotopic (exact) mass is 457 g/mol. The Labute approximate surface area is 187 Å². The Morgan fingerprint density at radius 2 is 1.58 bits per heavy atom. The lowest BCUT2D eigenvalue weighted by Gasteiger charge is -2.21. The first-order chi connectivity index (χ1) is 14.8. The number of aliphatic carboxylic acids is 1. The lowest BCUT2D eigenvalue weighted by Crippen LogP contribution is -2.29. The fourth-order valence-electron chi connectivity index (χ4n) is 3.34. The van der Waals surface area contributed by atoms with Crippen molar-refractivity contribution in [1.29, 1.82) is 0 Å². The molecule has 162 valence electrons. The van der Waals surface area contributed by atoms with Gasteiger partial charge in [-0.05, 0) is 60.2 Å². The number of rotatable bonds is 10. The molecule has 0 radical (unpaired) electrons. The molecule has 0 fully saturated rings. The summed E-state index contributed by atoms with van der Waals surface area (Å²) in [5.74, 6) is -0.797. The predicted molar refractivity (Wildman–Crippen MR) is 122 cm³/mol. The van der Waals surface area contributed by atoms with E-state index < -0.39 is 22.0 Å². The molecule has 0 saturated carbocycles. The van der Waals surface area contributed by atoms with Crippen LogP contribution in [0.2, 0.25) is 5.02 Å². The average Bonchev–Trinajstić information content (AvgIpc) is 2.76. The molecule has 0 saturated heterocycles. The van der Waals surface area contributed by atoms with Gasteiger partial charge in [0.1, 0.15) is 0 Å². The second kappa shape index (κ2) is 10.6. The molecule has 3 aromatic carbocycles. The Morgan fingerprint density at radius 1 is 0.903 bits per heavy atom. The number of unbranched alkanes of at least 4 members (excludes halogenated alkanes) is 1. The molecule has 1 unspecified atom stereocenters. The maximum Gasteiger partial charge on any atom is 0.303 e. The van der Waals surface area contributed by atoms with Gasteiger partial charge >= 0.3 is 5.97 Å². The largest absolute Gasteiger partial charge is 0.481 e. The molecule has 0 aliphatic heterocycles. The molecule has 3 aromatic rings. The molecule has 31 heavy (non-hydrogen) atoms. The van der Waals surface area contributed by atoms with E-state index in [1.807, 2.05) is 54.6 Å². The molecule has 0 aliphatic rings. The topological polar surface area (TPSA) is 83.5 Å². The first-order valence-corrected chi connectivity index (χ1v) is 11.8. The summed E-state index contributed by atoms with van der Waals surface area (Å²) in [6.45, 7) is 0. The second-order valence-corrected chi connectivity index (χ2v) is 9.42.